The first-order valence-electron chi connectivity index (χ1n) is 7.28. The smallest absolute Gasteiger partial charge is 0.143 e. The average Bonchev–Trinajstić information content (AvgIpc) is 2.90. The van der Waals surface area contributed by atoms with E-state index in [-0.39, 0.29) is 4.75 Å². The van der Waals surface area contributed by atoms with Crippen LogP contribution in [0.25, 0.3) is 0 Å². The first-order valence-corrected chi connectivity index (χ1v) is 9.35. The van der Waals surface area contributed by atoms with Gasteiger partial charge in [0.25, 0.3) is 0 Å². The van der Waals surface area contributed by atoms with E-state index in [4.69, 9.17) is 4.98 Å². The van der Waals surface area contributed by atoms with Crippen molar-refractivity contribution in [1.82, 2.24) is 9.97 Å². The van der Waals surface area contributed by atoms with Gasteiger partial charge in [0.2, 0.25) is 0 Å². The number of halogens is 1. The second-order valence-electron chi connectivity index (χ2n) is 6.32. The van der Waals surface area contributed by atoms with Crippen molar-refractivity contribution in [3.63, 3.8) is 0 Å². The molecule has 0 saturated heterocycles. The van der Waals surface area contributed by atoms with Crippen molar-refractivity contribution in [2.24, 2.45) is 0 Å². The molecule has 0 bridgehead atoms. The molecule has 1 aromatic rings. The van der Waals surface area contributed by atoms with Crippen LogP contribution in [0, 0.1) is 3.57 Å². The van der Waals surface area contributed by atoms with Crippen LogP contribution in [-0.4, -0.2) is 21.8 Å². The van der Waals surface area contributed by atoms with Crippen molar-refractivity contribution in [2.45, 2.75) is 62.9 Å². The minimum Gasteiger partial charge on any atom is -0.372 e. The fourth-order valence-electron chi connectivity index (χ4n) is 2.49. The Labute approximate surface area is 140 Å². The van der Waals surface area contributed by atoms with E-state index >= 15 is 0 Å². The predicted molar refractivity (Wildman–Crippen MR) is 96.6 cm³/mol. The molecule has 1 aliphatic carbocycles. The summed E-state index contributed by atoms with van der Waals surface area (Å²) in [5.41, 5.74) is 1.27. The van der Waals surface area contributed by atoms with Crippen molar-refractivity contribution in [3.8, 4) is 0 Å². The highest BCUT2D eigenvalue weighted by molar-refractivity contribution is 14.1. The van der Waals surface area contributed by atoms with E-state index in [0.29, 0.717) is 5.92 Å². The number of thioether (sulfide) groups is 1. The molecule has 0 radical (unpaired) electrons. The van der Waals surface area contributed by atoms with Gasteiger partial charge in [-0.15, -0.1) is 11.8 Å². The Hall–Kier alpha value is -0.0400. The molecule has 0 unspecified atom stereocenters. The third-order valence-electron chi connectivity index (χ3n) is 3.54. The van der Waals surface area contributed by atoms with Gasteiger partial charge in [-0.3, -0.25) is 0 Å². The molecule has 1 saturated carbocycles. The predicted octanol–water partition coefficient (Wildman–Crippen LogP) is 4.81. The second kappa shape index (κ2) is 6.81. The third kappa shape index (κ3) is 4.23. The maximum atomic E-state index is 4.89. The highest BCUT2D eigenvalue weighted by Crippen LogP contribution is 2.37. The molecule has 1 fully saturated rings. The first-order chi connectivity index (χ1) is 9.40. The maximum Gasteiger partial charge on any atom is 0.143 e. The van der Waals surface area contributed by atoms with Gasteiger partial charge in [-0.2, -0.15) is 0 Å². The van der Waals surface area contributed by atoms with E-state index in [1.165, 1.54) is 34.9 Å². The van der Waals surface area contributed by atoms with Crippen LogP contribution in [0.15, 0.2) is 0 Å². The lowest BCUT2D eigenvalue weighted by Gasteiger charge is -2.19. The summed E-state index contributed by atoms with van der Waals surface area (Å²) < 4.78 is 1.46. The molecule has 1 N–H and O–H groups in total. The average molecular weight is 405 g/mol. The van der Waals surface area contributed by atoms with Crippen molar-refractivity contribution in [1.29, 1.82) is 0 Å². The number of nitrogens with zero attached hydrogens (tertiary/aromatic N) is 2. The van der Waals surface area contributed by atoms with Crippen molar-refractivity contribution < 1.29 is 0 Å². The van der Waals surface area contributed by atoms with Crippen LogP contribution in [0.5, 0.6) is 0 Å². The molecule has 20 heavy (non-hydrogen) atoms. The van der Waals surface area contributed by atoms with E-state index < -0.39 is 0 Å². The molecule has 1 heterocycles. The zero-order valence-corrected chi connectivity index (χ0v) is 15.8. The lowest BCUT2D eigenvalue weighted by atomic mass is 10.0. The van der Waals surface area contributed by atoms with Crippen LogP contribution in [0.2, 0.25) is 0 Å². The van der Waals surface area contributed by atoms with Gasteiger partial charge >= 0.3 is 0 Å². The Bertz CT molecular complexity index is 465. The van der Waals surface area contributed by atoms with Gasteiger partial charge in [-0.25, -0.2) is 9.97 Å². The van der Waals surface area contributed by atoms with E-state index in [2.05, 4.69) is 53.7 Å². The van der Waals surface area contributed by atoms with Crippen molar-refractivity contribution >= 4 is 40.2 Å². The topological polar surface area (TPSA) is 37.8 Å². The first kappa shape index (κ1) is 16.3. The quantitative estimate of drug-likeness (QED) is 0.730. The number of nitrogens with one attached hydrogen (secondary N) is 1. The van der Waals surface area contributed by atoms with E-state index in [1.807, 2.05) is 18.8 Å². The number of anilines is 1. The lowest BCUT2D eigenvalue weighted by Crippen LogP contribution is -2.12. The molecule has 5 heteroatoms. The molecule has 112 valence electrons. The molecule has 1 aliphatic rings. The summed E-state index contributed by atoms with van der Waals surface area (Å²) in [7, 11) is 1.95. The molecular formula is C15H24IN3S. The zero-order valence-electron chi connectivity index (χ0n) is 12.8. The van der Waals surface area contributed by atoms with Gasteiger partial charge in [-0.05, 0) is 35.4 Å². The van der Waals surface area contributed by atoms with E-state index in [9.17, 15) is 0 Å². The molecular weight excluding hydrogens is 381 g/mol. The SMILES string of the molecule is CNc1nc(CSC(C)(C)C)nc(C2CCCC2)c1I. The number of aromatic nitrogens is 2. The molecule has 0 aromatic carbocycles. The van der Waals surface area contributed by atoms with E-state index in [1.54, 1.807) is 0 Å². The van der Waals surface area contributed by atoms with Crippen LogP contribution in [0.4, 0.5) is 5.82 Å². The Balaban J connectivity index is 2.26. The third-order valence-corrected chi connectivity index (χ3v) is 5.87. The Morgan fingerprint density at radius 2 is 1.90 bits per heavy atom. The molecule has 0 aliphatic heterocycles. The molecule has 1 aromatic heterocycles. The largest absolute Gasteiger partial charge is 0.372 e. The summed E-state index contributed by atoms with van der Waals surface area (Å²) in [6, 6.07) is 0. The number of rotatable bonds is 4. The van der Waals surface area contributed by atoms with Crippen molar-refractivity contribution in [3.05, 3.63) is 15.1 Å². The van der Waals surface area contributed by atoms with Crippen LogP contribution < -0.4 is 5.32 Å². The van der Waals surface area contributed by atoms with Crippen LogP contribution >= 0.6 is 34.4 Å². The summed E-state index contributed by atoms with van der Waals surface area (Å²) >= 11 is 4.31. The molecule has 0 atom stereocenters. The second-order valence-corrected chi connectivity index (χ2v) is 9.20. The van der Waals surface area contributed by atoms with Crippen LogP contribution in [-0.2, 0) is 5.75 Å². The molecule has 2 rings (SSSR count). The van der Waals surface area contributed by atoms with E-state index in [0.717, 1.165) is 17.4 Å². The summed E-state index contributed by atoms with van der Waals surface area (Å²) in [6.45, 7) is 6.71. The Morgan fingerprint density at radius 1 is 1.25 bits per heavy atom. The van der Waals surface area contributed by atoms with Gasteiger partial charge in [-0.1, -0.05) is 33.6 Å². The monoisotopic (exact) mass is 405 g/mol. The molecule has 0 spiro atoms. The number of hydrogen-bond acceptors (Lipinski definition) is 4. The van der Waals surface area contributed by atoms with Crippen molar-refractivity contribution in [2.75, 3.05) is 12.4 Å². The summed E-state index contributed by atoms with van der Waals surface area (Å²) in [4.78, 5) is 9.56. The fraction of sp³-hybridized carbons (Fsp3) is 0.733. The standard InChI is InChI=1S/C15H24IN3S/c1-15(2,3)20-9-11-18-13(10-7-5-6-8-10)12(16)14(17-4)19-11/h10H,5-9H2,1-4H3,(H,17,18,19). The summed E-state index contributed by atoms with van der Waals surface area (Å²) in [5.74, 6) is 3.48. The lowest BCUT2D eigenvalue weighted by molar-refractivity contribution is 0.683. The zero-order chi connectivity index (χ0) is 14.8. The number of hydrogen-bond donors (Lipinski definition) is 1. The highest BCUT2D eigenvalue weighted by atomic mass is 127. The minimum absolute atomic E-state index is 0.250. The minimum atomic E-state index is 0.250. The van der Waals surface area contributed by atoms with Gasteiger partial charge in [0.05, 0.1) is 15.0 Å². The highest BCUT2D eigenvalue weighted by Gasteiger charge is 2.24. The Morgan fingerprint density at radius 3 is 2.45 bits per heavy atom. The van der Waals surface area contributed by atoms with Gasteiger partial charge < -0.3 is 5.32 Å². The van der Waals surface area contributed by atoms with Gasteiger partial charge in [0.1, 0.15) is 11.6 Å². The van der Waals surface area contributed by atoms with Crippen LogP contribution in [0.3, 0.4) is 0 Å². The maximum absolute atomic E-state index is 4.89. The fourth-order valence-corrected chi connectivity index (χ4v) is 4.14. The van der Waals surface area contributed by atoms with Gasteiger partial charge in [0.15, 0.2) is 0 Å². The molecule has 0 amide bonds. The summed E-state index contributed by atoms with van der Waals surface area (Å²) in [6.07, 6.45) is 5.24. The Kier molecular flexibility index (Phi) is 5.56. The normalized spacial score (nSPS) is 16.6. The summed E-state index contributed by atoms with van der Waals surface area (Å²) in [5, 5.41) is 3.23. The van der Waals surface area contributed by atoms with Gasteiger partial charge in [0, 0.05) is 17.7 Å². The molecule has 3 nitrogen and oxygen atoms in total. The van der Waals surface area contributed by atoms with Crippen LogP contribution in [0.1, 0.15) is 63.9 Å².